The SMILES string of the molecule is CC[C@H](C)c1ccc(S(=O)(=O)N2CCN(C(=O)c3ccccc3OC)CC2)cc1. The fourth-order valence-corrected chi connectivity index (χ4v) is 4.90. The predicted molar refractivity (Wildman–Crippen MR) is 113 cm³/mol. The Kier molecular flexibility index (Phi) is 6.59. The number of piperazine rings is 1. The molecule has 0 aliphatic carbocycles. The van der Waals surface area contributed by atoms with Crippen LogP contribution >= 0.6 is 0 Å². The van der Waals surface area contributed by atoms with Gasteiger partial charge >= 0.3 is 0 Å². The fourth-order valence-electron chi connectivity index (χ4n) is 3.48. The van der Waals surface area contributed by atoms with Gasteiger partial charge in [0.15, 0.2) is 0 Å². The van der Waals surface area contributed by atoms with Crippen molar-refractivity contribution in [3.63, 3.8) is 0 Å². The second-order valence-electron chi connectivity index (χ2n) is 7.27. The van der Waals surface area contributed by atoms with Gasteiger partial charge in [-0.25, -0.2) is 8.42 Å². The molecule has 1 aliphatic rings. The van der Waals surface area contributed by atoms with Gasteiger partial charge in [0, 0.05) is 26.2 Å². The molecular formula is C22H28N2O4S. The fraction of sp³-hybridized carbons (Fsp3) is 0.409. The number of sulfonamides is 1. The Hall–Kier alpha value is -2.38. The number of rotatable bonds is 6. The van der Waals surface area contributed by atoms with Gasteiger partial charge in [0.2, 0.25) is 10.0 Å². The quantitative estimate of drug-likeness (QED) is 0.724. The lowest BCUT2D eigenvalue weighted by Crippen LogP contribution is -2.50. The summed E-state index contributed by atoms with van der Waals surface area (Å²) in [5.74, 6) is 0.780. The highest BCUT2D eigenvalue weighted by Gasteiger charge is 2.31. The first kappa shape index (κ1) is 21.3. The van der Waals surface area contributed by atoms with Gasteiger partial charge in [0.1, 0.15) is 5.75 Å². The van der Waals surface area contributed by atoms with Crippen LogP contribution in [0.15, 0.2) is 53.4 Å². The molecule has 0 aromatic heterocycles. The topological polar surface area (TPSA) is 66.9 Å². The van der Waals surface area contributed by atoms with Crippen LogP contribution in [0, 0.1) is 0 Å². The van der Waals surface area contributed by atoms with Gasteiger partial charge in [-0.15, -0.1) is 0 Å². The molecule has 2 aromatic rings. The van der Waals surface area contributed by atoms with Gasteiger partial charge in [-0.2, -0.15) is 4.31 Å². The molecule has 0 bridgehead atoms. The number of ether oxygens (including phenoxy) is 1. The zero-order chi connectivity index (χ0) is 21.0. The smallest absolute Gasteiger partial charge is 0.257 e. The number of methoxy groups -OCH3 is 1. The largest absolute Gasteiger partial charge is 0.496 e. The summed E-state index contributed by atoms with van der Waals surface area (Å²) in [5.41, 5.74) is 1.63. The van der Waals surface area contributed by atoms with Gasteiger partial charge in [-0.3, -0.25) is 4.79 Å². The lowest BCUT2D eigenvalue weighted by molar-refractivity contribution is 0.0694. The number of para-hydroxylation sites is 1. The monoisotopic (exact) mass is 416 g/mol. The van der Waals surface area contributed by atoms with Crippen LogP contribution in [-0.4, -0.2) is 56.8 Å². The van der Waals surface area contributed by atoms with E-state index >= 15 is 0 Å². The van der Waals surface area contributed by atoms with E-state index in [9.17, 15) is 13.2 Å². The Morgan fingerprint density at radius 1 is 1.03 bits per heavy atom. The summed E-state index contributed by atoms with van der Waals surface area (Å²) in [5, 5.41) is 0. The Bertz CT molecular complexity index is 949. The Morgan fingerprint density at radius 3 is 2.24 bits per heavy atom. The van der Waals surface area contributed by atoms with Crippen molar-refractivity contribution >= 4 is 15.9 Å². The van der Waals surface area contributed by atoms with Gasteiger partial charge in [-0.05, 0) is 42.2 Å². The second kappa shape index (κ2) is 8.97. The first-order valence-electron chi connectivity index (χ1n) is 9.91. The standard InChI is InChI=1S/C22H28N2O4S/c1-4-17(2)18-9-11-19(12-10-18)29(26,27)24-15-13-23(14-16-24)22(25)20-7-5-6-8-21(20)28-3/h5-12,17H,4,13-16H2,1-3H3/t17-/m0/s1. The van der Waals surface area contributed by atoms with Crippen LogP contribution in [0.25, 0.3) is 0 Å². The molecule has 0 spiro atoms. The predicted octanol–water partition coefficient (Wildman–Crippen LogP) is 3.36. The van der Waals surface area contributed by atoms with Crippen molar-refractivity contribution in [2.24, 2.45) is 0 Å². The molecule has 7 heteroatoms. The van der Waals surface area contributed by atoms with Crippen molar-refractivity contribution in [3.8, 4) is 5.75 Å². The molecule has 0 N–H and O–H groups in total. The van der Waals surface area contributed by atoms with Crippen molar-refractivity contribution in [2.45, 2.75) is 31.1 Å². The lowest BCUT2D eigenvalue weighted by atomic mass is 9.99. The highest BCUT2D eigenvalue weighted by Crippen LogP contribution is 2.24. The van der Waals surface area contributed by atoms with Crippen LogP contribution in [-0.2, 0) is 10.0 Å². The molecule has 156 valence electrons. The molecule has 29 heavy (non-hydrogen) atoms. The highest BCUT2D eigenvalue weighted by atomic mass is 32.2. The molecule has 1 heterocycles. The van der Waals surface area contributed by atoms with E-state index in [0.29, 0.717) is 35.2 Å². The maximum absolute atomic E-state index is 13.0. The molecule has 1 saturated heterocycles. The molecule has 0 saturated carbocycles. The van der Waals surface area contributed by atoms with Crippen LogP contribution in [0.3, 0.4) is 0 Å². The van der Waals surface area contributed by atoms with Crippen LogP contribution in [0.1, 0.15) is 42.1 Å². The molecule has 2 aromatic carbocycles. The van der Waals surface area contributed by atoms with Crippen LogP contribution in [0.4, 0.5) is 0 Å². The number of amides is 1. The third-order valence-corrected chi connectivity index (χ3v) is 7.48. The van der Waals surface area contributed by atoms with Gasteiger partial charge in [-0.1, -0.05) is 38.1 Å². The minimum atomic E-state index is -3.57. The third-order valence-electron chi connectivity index (χ3n) is 5.56. The van der Waals surface area contributed by atoms with Crippen LogP contribution in [0.2, 0.25) is 0 Å². The van der Waals surface area contributed by atoms with Crippen molar-refractivity contribution < 1.29 is 17.9 Å². The summed E-state index contributed by atoms with van der Waals surface area (Å²) >= 11 is 0. The zero-order valence-electron chi connectivity index (χ0n) is 17.2. The van der Waals surface area contributed by atoms with E-state index in [0.717, 1.165) is 12.0 Å². The normalized spacial score (nSPS) is 16.4. The summed E-state index contributed by atoms with van der Waals surface area (Å²) in [6, 6.07) is 14.2. The molecule has 1 aliphatic heterocycles. The van der Waals surface area contributed by atoms with E-state index in [1.54, 1.807) is 35.2 Å². The van der Waals surface area contributed by atoms with Crippen molar-refractivity contribution in [2.75, 3.05) is 33.3 Å². The van der Waals surface area contributed by atoms with E-state index < -0.39 is 10.0 Å². The van der Waals surface area contributed by atoms with Gasteiger partial charge in [0.25, 0.3) is 5.91 Å². The summed E-state index contributed by atoms with van der Waals surface area (Å²) in [6.07, 6.45) is 1.01. The molecule has 0 unspecified atom stereocenters. The minimum absolute atomic E-state index is 0.141. The maximum atomic E-state index is 13.0. The molecule has 1 amide bonds. The number of nitrogens with zero attached hydrogens (tertiary/aromatic N) is 2. The van der Waals surface area contributed by atoms with Crippen molar-refractivity contribution in [1.29, 1.82) is 0 Å². The number of carbonyl (C=O) groups is 1. The Labute approximate surface area is 173 Å². The van der Waals surface area contributed by atoms with E-state index in [1.165, 1.54) is 11.4 Å². The Balaban J connectivity index is 1.69. The number of hydrogen-bond acceptors (Lipinski definition) is 4. The molecular weight excluding hydrogens is 388 g/mol. The molecule has 3 rings (SSSR count). The molecule has 6 nitrogen and oxygen atoms in total. The number of carbonyl (C=O) groups excluding carboxylic acids is 1. The maximum Gasteiger partial charge on any atom is 0.257 e. The Morgan fingerprint density at radius 2 is 1.66 bits per heavy atom. The molecule has 1 atom stereocenters. The minimum Gasteiger partial charge on any atom is -0.496 e. The van der Waals surface area contributed by atoms with E-state index in [4.69, 9.17) is 4.74 Å². The summed E-state index contributed by atoms with van der Waals surface area (Å²) in [4.78, 5) is 14.8. The number of hydrogen-bond donors (Lipinski definition) is 0. The van der Waals surface area contributed by atoms with Crippen molar-refractivity contribution in [3.05, 3.63) is 59.7 Å². The van der Waals surface area contributed by atoms with Gasteiger partial charge in [0.05, 0.1) is 17.6 Å². The molecule has 0 radical (unpaired) electrons. The number of benzene rings is 2. The van der Waals surface area contributed by atoms with Gasteiger partial charge < -0.3 is 9.64 Å². The van der Waals surface area contributed by atoms with Crippen LogP contribution < -0.4 is 4.74 Å². The molecule has 1 fully saturated rings. The first-order valence-corrected chi connectivity index (χ1v) is 11.3. The lowest BCUT2D eigenvalue weighted by Gasteiger charge is -2.34. The van der Waals surface area contributed by atoms with E-state index in [-0.39, 0.29) is 19.0 Å². The zero-order valence-corrected chi connectivity index (χ0v) is 18.0. The average molecular weight is 417 g/mol. The summed E-state index contributed by atoms with van der Waals surface area (Å²) in [6.45, 7) is 5.48. The van der Waals surface area contributed by atoms with E-state index in [2.05, 4.69) is 13.8 Å². The highest BCUT2D eigenvalue weighted by molar-refractivity contribution is 7.89. The average Bonchev–Trinajstić information content (AvgIpc) is 2.78. The summed E-state index contributed by atoms with van der Waals surface area (Å²) in [7, 11) is -2.04. The second-order valence-corrected chi connectivity index (χ2v) is 9.21. The van der Waals surface area contributed by atoms with Crippen LogP contribution in [0.5, 0.6) is 5.75 Å². The summed E-state index contributed by atoms with van der Waals surface area (Å²) < 4.78 is 32.7. The first-order chi connectivity index (χ1) is 13.9. The third kappa shape index (κ3) is 4.46. The van der Waals surface area contributed by atoms with Crippen molar-refractivity contribution in [1.82, 2.24) is 9.21 Å². The van der Waals surface area contributed by atoms with E-state index in [1.807, 2.05) is 18.2 Å².